The fraction of sp³-hybridized carbons (Fsp3) is 0.724. The Morgan fingerprint density at radius 2 is 1.75 bits per heavy atom. The van der Waals surface area contributed by atoms with Crippen molar-refractivity contribution in [3.05, 3.63) is 29.8 Å². The Morgan fingerprint density at radius 1 is 1.08 bits per heavy atom. The molecule has 5 aliphatic rings. The van der Waals surface area contributed by atoms with Crippen LogP contribution in [0.15, 0.2) is 24.3 Å². The molecule has 3 amide bonds. The van der Waals surface area contributed by atoms with Gasteiger partial charge in [-0.3, -0.25) is 4.79 Å². The molecule has 6 rings (SSSR count). The van der Waals surface area contributed by atoms with Gasteiger partial charge in [0.1, 0.15) is 5.75 Å². The second-order valence-electron chi connectivity index (χ2n) is 12.3. The van der Waals surface area contributed by atoms with Crippen LogP contribution >= 0.6 is 0 Å². The van der Waals surface area contributed by atoms with Gasteiger partial charge in [0.15, 0.2) is 0 Å². The van der Waals surface area contributed by atoms with Crippen molar-refractivity contribution in [3.63, 3.8) is 0 Å². The lowest BCUT2D eigenvalue weighted by molar-refractivity contribution is -0.150. The molecule has 5 fully saturated rings. The van der Waals surface area contributed by atoms with Crippen molar-refractivity contribution in [1.29, 1.82) is 0 Å². The molecule has 198 valence electrons. The van der Waals surface area contributed by atoms with E-state index in [2.05, 4.69) is 10.6 Å². The van der Waals surface area contributed by atoms with Gasteiger partial charge in [-0.1, -0.05) is 0 Å². The third kappa shape index (κ3) is 5.82. The lowest BCUT2D eigenvalue weighted by Gasteiger charge is -2.58. The van der Waals surface area contributed by atoms with Crippen molar-refractivity contribution in [2.75, 3.05) is 26.2 Å². The van der Waals surface area contributed by atoms with Crippen LogP contribution in [0.2, 0.25) is 0 Å². The molecule has 1 saturated heterocycles. The second kappa shape index (κ2) is 10.6. The quantitative estimate of drug-likeness (QED) is 0.502. The average molecular weight is 498 g/mol. The van der Waals surface area contributed by atoms with Gasteiger partial charge in [0.05, 0.1) is 12.2 Å². The summed E-state index contributed by atoms with van der Waals surface area (Å²) in [4.78, 5) is 26.8. The van der Waals surface area contributed by atoms with E-state index in [1.165, 1.54) is 12.8 Å². The predicted octanol–water partition coefficient (Wildman–Crippen LogP) is 4.20. The summed E-state index contributed by atoms with van der Waals surface area (Å²) in [6.07, 6.45) is 8.26. The molecule has 4 saturated carbocycles. The number of hydrogen-bond donors (Lipinski definition) is 3. The minimum Gasteiger partial charge on any atom is -0.494 e. The molecule has 1 aliphatic heterocycles. The van der Waals surface area contributed by atoms with Gasteiger partial charge in [-0.25, -0.2) is 4.79 Å². The standard InChI is InChI=1S/C29H43N3O4/c1-19(2)31-28(34)32-10-7-20(8-11-32)9-12-36-25-5-3-22(4-6-25)27(33)30-18-26-23-13-21-14-24(26)17-29(35,15-21)16-23/h3-6,19-21,23-24,26,35H,7-18H2,1-2H3,(H,30,33)(H,31,34). The number of hydrogen-bond acceptors (Lipinski definition) is 4. The first-order valence-corrected chi connectivity index (χ1v) is 14.1. The molecule has 1 aromatic rings. The Bertz CT molecular complexity index is 909. The van der Waals surface area contributed by atoms with Crippen molar-refractivity contribution >= 4 is 11.9 Å². The van der Waals surface area contributed by atoms with Crippen LogP contribution in [-0.4, -0.2) is 59.8 Å². The number of nitrogens with one attached hydrogen (secondary N) is 2. The van der Waals surface area contributed by atoms with Crippen molar-refractivity contribution in [1.82, 2.24) is 15.5 Å². The molecule has 4 bridgehead atoms. The number of carbonyl (C=O) groups is 2. The fourth-order valence-corrected chi connectivity index (χ4v) is 7.54. The maximum absolute atomic E-state index is 12.8. The number of aliphatic hydroxyl groups is 1. The highest BCUT2D eigenvalue weighted by Gasteiger charge is 2.54. The van der Waals surface area contributed by atoms with Crippen molar-refractivity contribution in [2.45, 2.75) is 76.9 Å². The summed E-state index contributed by atoms with van der Waals surface area (Å²) in [5.41, 5.74) is 0.241. The topological polar surface area (TPSA) is 90.9 Å². The average Bonchev–Trinajstić information content (AvgIpc) is 2.83. The smallest absolute Gasteiger partial charge is 0.317 e. The molecule has 3 N–H and O–H groups in total. The molecular formula is C29H43N3O4. The number of benzene rings is 1. The number of carbonyl (C=O) groups excluding carboxylic acids is 2. The van der Waals surface area contributed by atoms with Crippen LogP contribution in [-0.2, 0) is 0 Å². The van der Waals surface area contributed by atoms with Crippen LogP contribution in [0.4, 0.5) is 4.79 Å². The number of likely N-dealkylation sites (tertiary alicyclic amines) is 1. The Labute approximate surface area is 215 Å². The molecule has 2 atom stereocenters. The van der Waals surface area contributed by atoms with Gasteiger partial charge in [-0.2, -0.15) is 0 Å². The van der Waals surface area contributed by atoms with Gasteiger partial charge in [0.2, 0.25) is 0 Å². The molecule has 36 heavy (non-hydrogen) atoms. The van der Waals surface area contributed by atoms with Crippen LogP contribution < -0.4 is 15.4 Å². The second-order valence-corrected chi connectivity index (χ2v) is 12.3. The van der Waals surface area contributed by atoms with E-state index in [4.69, 9.17) is 4.74 Å². The Hall–Kier alpha value is -2.28. The number of ether oxygens (including phenoxy) is 1. The van der Waals surface area contributed by atoms with E-state index in [9.17, 15) is 14.7 Å². The first-order chi connectivity index (χ1) is 17.3. The van der Waals surface area contributed by atoms with Crippen LogP contribution in [0, 0.1) is 29.6 Å². The van der Waals surface area contributed by atoms with E-state index in [1.807, 2.05) is 43.0 Å². The van der Waals surface area contributed by atoms with Gasteiger partial charge in [0, 0.05) is 31.2 Å². The van der Waals surface area contributed by atoms with Crippen LogP contribution in [0.25, 0.3) is 0 Å². The number of nitrogens with zero attached hydrogens (tertiary/aromatic N) is 1. The maximum atomic E-state index is 12.8. The predicted molar refractivity (Wildman–Crippen MR) is 139 cm³/mol. The zero-order valence-corrected chi connectivity index (χ0v) is 21.9. The zero-order chi connectivity index (χ0) is 25.3. The number of urea groups is 1. The summed E-state index contributed by atoms with van der Waals surface area (Å²) < 4.78 is 5.95. The highest BCUT2D eigenvalue weighted by Crippen LogP contribution is 2.58. The zero-order valence-electron chi connectivity index (χ0n) is 21.9. The van der Waals surface area contributed by atoms with Crippen molar-refractivity contribution < 1.29 is 19.4 Å². The van der Waals surface area contributed by atoms with Crippen molar-refractivity contribution in [2.24, 2.45) is 29.6 Å². The summed E-state index contributed by atoms with van der Waals surface area (Å²) in [6, 6.07) is 7.66. The maximum Gasteiger partial charge on any atom is 0.317 e. The van der Waals surface area contributed by atoms with E-state index in [-0.39, 0.29) is 18.0 Å². The molecule has 0 radical (unpaired) electrons. The molecule has 0 spiro atoms. The molecule has 7 heteroatoms. The minimum atomic E-state index is -0.422. The Kier molecular flexibility index (Phi) is 7.47. The minimum absolute atomic E-state index is 0.0256. The molecular weight excluding hydrogens is 454 g/mol. The lowest BCUT2D eigenvalue weighted by atomic mass is 9.50. The van der Waals surface area contributed by atoms with E-state index in [1.54, 1.807) is 0 Å². The van der Waals surface area contributed by atoms with Gasteiger partial charge in [0.25, 0.3) is 5.91 Å². The van der Waals surface area contributed by atoms with Crippen LogP contribution in [0.5, 0.6) is 5.75 Å². The third-order valence-electron chi connectivity index (χ3n) is 9.16. The van der Waals surface area contributed by atoms with E-state index < -0.39 is 5.60 Å². The van der Waals surface area contributed by atoms with E-state index >= 15 is 0 Å². The summed E-state index contributed by atoms with van der Waals surface area (Å²) in [7, 11) is 0. The SMILES string of the molecule is CC(C)NC(=O)N1CCC(CCOc2ccc(C(=O)NCC3C4CC5CC3CC(O)(C5)C4)cc2)CC1. The molecule has 1 aromatic carbocycles. The summed E-state index contributed by atoms with van der Waals surface area (Å²) in [5, 5.41) is 16.9. The Balaban J connectivity index is 1.01. The summed E-state index contributed by atoms with van der Waals surface area (Å²) in [5.74, 6) is 3.64. The van der Waals surface area contributed by atoms with E-state index in [0.717, 1.165) is 57.4 Å². The number of piperidine rings is 1. The van der Waals surface area contributed by atoms with Crippen LogP contribution in [0.1, 0.15) is 75.6 Å². The van der Waals surface area contributed by atoms with Gasteiger partial charge < -0.3 is 25.4 Å². The van der Waals surface area contributed by atoms with Gasteiger partial charge in [-0.05, 0) is 119 Å². The molecule has 7 nitrogen and oxygen atoms in total. The van der Waals surface area contributed by atoms with Gasteiger partial charge >= 0.3 is 6.03 Å². The first kappa shape index (κ1) is 25.4. The van der Waals surface area contributed by atoms with Crippen LogP contribution in [0.3, 0.4) is 0 Å². The molecule has 2 unspecified atom stereocenters. The summed E-state index contributed by atoms with van der Waals surface area (Å²) >= 11 is 0. The molecule has 1 heterocycles. The first-order valence-electron chi connectivity index (χ1n) is 14.1. The fourth-order valence-electron chi connectivity index (χ4n) is 7.54. The molecule has 4 aliphatic carbocycles. The van der Waals surface area contributed by atoms with E-state index in [0.29, 0.717) is 48.3 Å². The molecule has 0 aromatic heterocycles. The number of amides is 3. The van der Waals surface area contributed by atoms with Crippen molar-refractivity contribution in [3.8, 4) is 5.75 Å². The monoisotopic (exact) mass is 497 g/mol. The van der Waals surface area contributed by atoms with Gasteiger partial charge in [-0.15, -0.1) is 0 Å². The largest absolute Gasteiger partial charge is 0.494 e. The normalized spacial score (nSPS) is 31.5. The highest BCUT2D eigenvalue weighted by molar-refractivity contribution is 5.94. The Morgan fingerprint density at radius 3 is 2.36 bits per heavy atom. The lowest BCUT2D eigenvalue weighted by Crippen LogP contribution is -2.56. The number of rotatable bonds is 8. The highest BCUT2D eigenvalue weighted by atomic mass is 16.5. The summed E-state index contributed by atoms with van der Waals surface area (Å²) in [6.45, 7) is 6.93. The third-order valence-corrected chi connectivity index (χ3v) is 9.16.